The van der Waals surface area contributed by atoms with Crippen LogP contribution in [-0.2, 0) is 18.0 Å². The number of anilines is 1. The summed E-state index contributed by atoms with van der Waals surface area (Å²) in [6.07, 6.45) is -0.683. The van der Waals surface area contributed by atoms with Crippen LogP contribution in [-0.4, -0.2) is 54.4 Å². The van der Waals surface area contributed by atoms with E-state index in [-0.39, 0.29) is 11.9 Å². The Hall–Kier alpha value is -3.24. The molecule has 0 aliphatic carbocycles. The molecule has 4 heterocycles. The van der Waals surface area contributed by atoms with Crippen LogP contribution in [0.4, 0.5) is 19.0 Å². The van der Waals surface area contributed by atoms with Gasteiger partial charge in [-0.05, 0) is 18.6 Å². The molecule has 3 aromatic heterocycles. The van der Waals surface area contributed by atoms with Crippen LogP contribution in [0.15, 0.2) is 24.7 Å². The molecule has 1 aliphatic heterocycles. The highest BCUT2D eigenvalue weighted by Gasteiger charge is 2.32. The van der Waals surface area contributed by atoms with Crippen LogP contribution in [0.2, 0.25) is 0 Å². The van der Waals surface area contributed by atoms with Crippen molar-refractivity contribution in [1.29, 1.82) is 0 Å². The predicted octanol–water partition coefficient (Wildman–Crippen LogP) is 2.87. The molecular formula is C19H20F3N7O. The number of halogens is 3. The lowest BCUT2D eigenvalue weighted by molar-refractivity contribution is -0.141. The van der Waals surface area contributed by atoms with Crippen molar-refractivity contribution in [2.24, 2.45) is 7.05 Å². The van der Waals surface area contributed by atoms with Gasteiger partial charge < -0.3 is 14.8 Å². The van der Waals surface area contributed by atoms with E-state index >= 15 is 0 Å². The summed E-state index contributed by atoms with van der Waals surface area (Å²) in [5.41, 5.74) is 0.534. The first-order chi connectivity index (χ1) is 14.3. The van der Waals surface area contributed by atoms with Crippen LogP contribution in [0.3, 0.4) is 0 Å². The second-order valence-electron chi connectivity index (χ2n) is 7.14. The number of alkyl halides is 3. The number of hydrogen-bond donors (Lipinski definition) is 1. The highest BCUT2D eigenvalue weighted by molar-refractivity contribution is 5.86. The van der Waals surface area contributed by atoms with Crippen molar-refractivity contribution in [3.05, 3.63) is 30.4 Å². The number of fused-ring (bicyclic) bond motifs is 1. The van der Waals surface area contributed by atoms with E-state index in [2.05, 4.69) is 25.3 Å². The Kier molecular flexibility index (Phi) is 5.04. The van der Waals surface area contributed by atoms with Crippen molar-refractivity contribution in [1.82, 2.24) is 29.4 Å². The molecule has 4 rings (SSSR count). The average molecular weight is 419 g/mol. The van der Waals surface area contributed by atoms with E-state index in [9.17, 15) is 18.0 Å². The number of imidazole rings is 1. The number of carbonyl (C=O) groups is 1. The van der Waals surface area contributed by atoms with E-state index in [0.29, 0.717) is 47.9 Å². The molecule has 0 spiro atoms. The van der Waals surface area contributed by atoms with Gasteiger partial charge in [-0.3, -0.25) is 9.78 Å². The van der Waals surface area contributed by atoms with Crippen LogP contribution in [0, 0.1) is 0 Å². The standard InChI is InChI=1S/C19H20F3N7O/c1-3-14(30)29-7-6-12(9-29)26-16-15-18(25-10-24-16)28(2)17(27-15)11-4-5-13(23-8-11)19(20,21)22/h4-5,8,10,12H,3,6-7,9H2,1-2H3,(H,24,25,26)/t12-/m0/s1. The normalized spacial score (nSPS) is 17.0. The van der Waals surface area contributed by atoms with Gasteiger partial charge in [0.1, 0.15) is 17.8 Å². The smallest absolute Gasteiger partial charge is 0.364 e. The number of rotatable bonds is 4. The van der Waals surface area contributed by atoms with Gasteiger partial charge in [-0.25, -0.2) is 15.0 Å². The van der Waals surface area contributed by atoms with Gasteiger partial charge in [0, 0.05) is 44.4 Å². The number of hydrogen-bond acceptors (Lipinski definition) is 6. The highest BCUT2D eigenvalue weighted by atomic mass is 19.4. The summed E-state index contributed by atoms with van der Waals surface area (Å²) < 4.78 is 40.0. The molecule has 0 radical (unpaired) electrons. The number of likely N-dealkylation sites (tertiary alicyclic amines) is 1. The largest absolute Gasteiger partial charge is 0.433 e. The third kappa shape index (κ3) is 3.66. The van der Waals surface area contributed by atoms with Crippen molar-refractivity contribution >= 4 is 22.9 Å². The second-order valence-corrected chi connectivity index (χ2v) is 7.14. The first-order valence-corrected chi connectivity index (χ1v) is 9.53. The molecule has 1 saturated heterocycles. The Morgan fingerprint density at radius 1 is 1.27 bits per heavy atom. The number of carbonyl (C=O) groups excluding carboxylic acids is 1. The maximum absolute atomic E-state index is 12.8. The quantitative estimate of drug-likeness (QED) is 0.700. The van der Waals surface area contributed by atoms with E-state index in [4.69, 9.17) is 0 Å². The Labute approximate surface area is 170 Å². The molecule has 0 aromatic carbocycles. The molecule has 3 aromatic rings. The number of pyridine rings is 1. The summed E-state index contributed by atoms with van der Waals surface area (Å²) in [6.45, 7) is 3.10. The monoisotopic (exact) mass is 419 g/mol. The van der Waals surface area contributed by atoms with Crippen LogP contribution in [0.5, 0.6) is 0 Å². The van der Waals surface area contributed by atoms with Crippen molar-refractivity contribution in [3.8, 4) is 11.4 Å². The number of amides is 1. The van der Waals surface area contributed by atoms with Crippen molar-refractivity contribution in [3.63, 3.8) is 0 Å². The fourth-order valence-corrected chi connectivity index (χ4v) is 3.58. The van der Waals surface area contributed by atoms with Crippen LogP contribution in [0.25, 0.3) is 22.6 Å². The molecule has 30 heavy (non-hydrogen) atoms. The first-order valence-electron chi connectivity index (χ1n) is 9.53. The lowest BCUT2D eigenvalue weighted by Gasteiger charge is -2.16. The van der Waals surface area contributed by atoms with Crippen molar-refractivity contribution in [2.75, 3.05) is 18.4 Å². The molecule has 0 bridgehead atoms. The second kappa shape index (κ2) is 7.54. The van der Waals surface area contributed by atoms with E-state index in [1.165, 1.54) is 12.4 Å². The first kappa shape index (κ1) is 20.0. The summed E-state index contributed by atoms with van der Waals surface area (Å²) in [7, 11) is 1.73. The zero-order valence-corrected chi connectivity index (χ0v) is 16.4. The number of nitrogens with one attached hydrogen (secondary N) is 1. The Bertz CT molecular complexity index is 1080. The van der Waals surface area contributed by atoms with E-state index in [1.54, 1.807) is 11.6 Å². The third-order valence-electron chi connectivity index (χ3n) is 5.15. The number of nitrogens with zero attached hydrogens (tertiary/aromatic N) is 6. The molecule has 0 unspecified atom stereocenters. The Morgan fingerprint density at radius 2 is 2.07 bits per heavy atom. The predicted molar refractivity (Wildman–Crippen MR) is 103 cm³/mol. The summed E-state index contributed by atoms with van der Waals surface area (Å²) in [5, 5.41) is 3.33. The fourth-order valence-electron chi connectivity index (χ4n) is 3.58. The fraction of sp³-hybridized carbons (Fsp3) is 0.421. The van der Waals surface area contributed by atoms with Crippen LogP contribution < -0.4 is 5.32 Å². The number of aryl methyl sites for hydroxylation is 1. The minimum Gasteiger partial charge on any atom is -0.364 e. The van der Waals surface area contributed by atoms with Gasteiger partial charge in [-0.1, -0.05) is 6.92 Å². The lowest BCUT2D eigenvalue weighted by atomic mass is 10.2. The van der Waals surface area contributed by atoms with E-state index in [1.807, 2.05) is 11.8 Å². The van der Waals surface area contributed by atoms with Gasteiger partial charge in [0.25, 0.3) is 0 Å². The topological polar surface area (TPSA) is 88.8 Å². The van der Waals surface area contributed by atoms with Gasteiger partial charge in [-0.2, -0.15) is 13.2 Å². The third-order valence-corrected chi connectivity index (χ3v) is 5.15. The molecule has 8 nitrogen and oxygen atoms in total. The van der Waals surface area contributed by atoms with Crippen molar-refractivity contribution < 1.29 is 18.0 Å². The maximum Gasteiger partial charge on any atom is 0.433 e. The minimum absolute atomic E-state index is 0.0387. The molecule has 1 fully saturated rings. The molecule has 0 saturated carbocycles. The molecular weight excluding hydrogens is 399 g/mol. The van der Waals surface area contributed by atoms with Gasteiger partial charge in [0.05, 0.1) is 0 Å². The van der Waals surface area contributed by atoms with Crippen molar-refractivity contribution in [2.45, 2.75) is 32.0 Å². The van der Waals surface area contributed by atoms with E-state index in [0.717, 1.165) is 18.7 Å². The molecule has 158 valence electrons. The van der Waals surface area contributed by atoms with E-state index < -0.39 is 11.9 Å². The Morgan fingerprint density at radius 3 is 2.73 bits per heavy atom. The average Bonchev–Trinajstić information content (AvgIpc) is 3.32. The van der Waals surface area contributed by atoms with Crippen LogP contribution >= 0.6 is 0 Å². The summed E-state index contributed by atoms with van der Waals surface area (Å²) in [4.78, 5) is 30.3. The highest BCUT2D eigenvalue weighted by Crippen LogP contribution is 2.30. The lowest BCUT2D eigenvalue weighted by Crippen LogP contribution is -2.31. The summed E-state index contributed by atoms with van der Waals surface area (Å²) >= 11 is 0. The number of aromatic nitrogens is 5. The molecule has 1 amide bonds. The molecule has 1 aliphatic rings. The van der Waals surface area contributed by atoms with Crippen LogP contribution in [0.1, 0.15) is 25.5 Å². The SMILES string of the molecule is CCC(=O)N1CC[C@H](Nc2ncnc3c2nc(-c2ccc(C(F)(F)F)nc2)n3C)C1. The van der Waals surface area contributed by atoms with Gasteiger partial charge in [-0.15, -0.1) is 0 Å². The van der Waals surface area contributed by atoms with Gasteiger partial charge >= 0.3 is 6.18 Å². The molecule has 1 N–H and O–H groups in total. The minimum atomic E-state index is -4.50. The zero-order chi connectivity index (χ0) is 21.5. The van der Waals surface area contributed by atoms with Gasteiger partial charge in [0.15, 0.2) is 17.0 Å². The summed E-state index contributed by atoms with van der Waals surface area (Å²) in [6, 6.07) is 2.30. The Balaban J connectivity index is 1.62. The summed E-state index contributed by atoms with van der Waals surface area (Å²) in [5.74, 6) is 1.07. The molecule has 1 atom stereocenters. The zero-order valence-electron chi connectivity index (χ0n) is 16.4. The molecule has 11 heteroatoms. The maximum atomic E-state index is 12.8. The van der Waals surface area contributed by atoms with Gasteiger partial charge in [0.2, 0.25) is 5.91 Å².